The van der Waals surface area contributed by atoms with Gasteiger partial charge in [-0.15, -0.1) is 0 Å². The minimum atomic E-state index is 0.0917. The fourth-order valence-electron chi connectivity index (χ4n) is 3.85. The van der Waals surface area contributed by atoms with Crippen LogP contribution < -0.4 is 0 Å². The van der Waals surface area contributed by atoms with Crippen molar-refractivity contribution >= 4 is 16.9 Å². The molecule has 26 heavy (non-hydrogen) atoms. The van der Waals surface area contributed by atoms with Gasteiger partial charge in [0.25, 0.3) is 5.91 Å². The summed E-state index contributed by atoms with van der Waals surface area (Å²) in [5.74, 6) is 1.54. The second-order valence-electron chi connectivity index (χ2n) is 7.16. The van der Waals surface area contributed by atoms with Crippen LogP contribution in [0, 0.1) is 5.92 Å². The quantitative estimate of drug-likeness (QED) is 0.786. The molecule has 1 N–H and O–H groups in total. The number of aromatic nitrogens is 4. The summed E-state index contributed by atoms with van der Waals surface area (Å²) in [6, 6.07) is 10.0. The number of imidazole rings is 1. The summed E-state index contributed by atoms with van der Waals surface area (Å²) in [5, 5.41) is 4.41. The van der Waals surface area contributed by atoms with Crippen molar-refractivity contribution in [3.63, 3.8) is 0 Å². The zero-order chi connectivity index (χ0) is 18.1. The second kappa shape index (κ2) is 6.94. The van der Waals surface area contributed by atoms with Crippen LogP contribution in [0.1, 0.15) is 41.8 Å². The number of rotatable bonds is 4. The van der Waals surface area contributed by atoms with E-state index in [0.29, 0.717) is 11.6 Å². The van der Waals surface area contributed by atoms with Crippen molar-refractivity contribution in [1.82, 2.24) is 24.6 Å². The number of piperidine rings is 1. The van der Waals surface area contributed by atoms with Crippen LogP contribution in [0.3, 0.4) is 0 Å². The second-order valence-corrected chi connectivity index (χ2v) is 7.16. The van der Waals surface area contributed by atoms with E-state index in [-0.39, 0.29) is 5.91 Å². The van der Waals surface area contributed by atoms with Crippen molar-refractivity contribution in [1.29, 1.82) is 0 Å². The van der Waals surface area contributed by atoms with E-state index in [1.165, 1.54) is 0 Å². The Morgan fingerprint density at radius 2 is 2.19 bits per heavy atom. The van der Waals surface area contributed by atoms with E-state index in [1.807, 2.05) is 36.2 Å². The summed E-state index contributed by atoms with van der Waals surface area (Å²) >= 11 is 0. The van der Waals surface area contributed by atoms with Gasteiger partial charge < -0.3 is 9.88 Å². The molecule has 0 aliphatic carbocycles. The zero-order valence-electron chi connectivity index (χ0n) is 15.4. The van der Waals surface area contributed by atoms with Gasteiger partial charge in [0.15, 0.2) is 0 Å². The van der Waals surface area contributed by atoms with Crippen LogP contribution in [0.2, 0.25) is 0 Å². The minimum Gasteiger partial charge on any atom is -0.342 e. The molecule has 3 aromatic rings. The number of H-pyrrole nitrogens is 1. The number of benzene rings is 1. The van der Waals surface area contributed by atoms with E-state index in [2.05, 4.69) is 23.1 Å². The molecule has 1 unspecified atom stereocenters. The topological polar surface area (TPSA) is 66.8 Å². The van der Waals surface area contributed by atoms with Crippen LogP contribution in [0.4, 0.5) is 0 Å². The van der Waals surface area contributed by atoms with Gasteiger partial charge in [0.05, 0.1) is 16.7 Å². The zero-order valence-corrected chi connectivity index (χ0v) is 15.4. The number of carbonyl (C=O) groups excluding carboxylic acids is 1. The third-order valence-electron chi connectivity index (χ3n) is 5.24. The van der Waals surface area contributed by atoms with Crippen molar-refractivity contribution in [2.75, 3.05) is 13.1 Å². The first-order valence-electron chi connectivity index (χ1n) is 9.40. The largest absolute Gasteiger partial charge is 0.342 e. The Bertz CT molecular complexity index is 892. The summed E-state index contributed by atoms with van der Waals surface area (Å²) in [5.41, 5.74) is 3.74. The lowest BCUT2D eigenvalue weighted by Crippen LogP contribution is -2.41. The van der Waals surface area contributed by atoms with Gasteiger partial charge in [-0.1, -0.05) is 19.1 Å². The summed E-state index contributed by atoms with van der Waals surface area (Å²) < 4.78 is 1.71. The molecule has 0 spiro atoms. The summed E-state index contributed by atoms with van der Waals surface area (Å²) in [6.45, 7) is 3.66. The molecule has 1 aromatic carbocycles. The molecular formula is C20H25N5O. The smallest absolute Gasteiger partial charge is 0.272 e. The van der Waals surface area contributed by atoms with Gasteiger partial charge in [-0.05, 0) is 43.4 Å². The van der Waals surface area contributed by atoms with Crippen LogP contribution in [-0.2, 0) is 19.9 Å². The Morgan fingerprint density at radius 3 is 2.96 bits per heavy atom. The van der Waals surface area contributed by atoms with Gasteiger partial charge in [-0.2, -0.15) is 5.10 Å². The molecule has 1 aliphatic rings. The van der Waals surface area contributed by atoms with Gasteiger partial charge in [-0.25, -0.2) is 4.98 Å². The number of likely N-dealkylation sites (tertiary alicyclic amines) is 1. The average molecular weight is 351 g/mol. The van der Waals surface area contributed by atoms with Crippen molar-refractivity contribution in [2.45, 2.75) is 32.6 Å². The number of amides is 1. The maximum atomic E-state index is 12.9. The number of hydrogen-bond donors (Lipinski definition) is 1. The van der Waals surface area contributed by atoms with E-state index < -0.39 is 0 Å². The Kier molecular flexibility index (Phi) is 4.49. The van der Waals surface area contributed by atoms with Crippen molar-refractivity contribution in [3.05, 3.63) is 47.5 Å². The molecule has 1 atom stereocenters. The number of aromatic amines is 1. The van der Waals surface area contributed by atoms with Crippen LogP contribution in [0.5, 0.6) is 0 Å². The van der Waals surface area contributed by atoms with Crippen LogP contribution in [0.25, 0.3) is 11.0 Å². The average Bonchev–Trinajstić information content (AvgIpc) is 3.23. The number of fused-ring (bicyclic) bond motifs is 1. The van der Waals surface area contributed by atoms with Crippen LogP contribution in [0.15, 0.2) is 30.3 Å². The minimum absolute atomic E-state index is 0.0917. The van der Waals surface area contributed by atoms with E-state index in [4.69, 9.17) is 4.98 Å². The van der Waals surface area contributed by atoms with Crippen molar-refractivity contribution < 1.29 is 4.79 Å². The van der Waals surface area contributed by atoms with Gasteiger partial charge in [0.1, 0.15) is 11.5 Å². The lowest BCUT2D eigenvalue weighted by Gasteiger charge is -2.32. The van der Waals surface area contributed by atoms with Gasteiger partial charge in [-0.3, -0.25) is 9.48 Å². The number of aryl methyl sites for hydroxylation is 2. The fourth-order valence-corrected chi connectivity index (χ4v) is 3.85. The molecule has 1 saturated heterocycles. The Morgan fingerprint density at radius 1 is 1.35 bits per heavy atom. The highest BCUT2D eigenvalue weighted by Crippen LogP contribution is 2.23. The molecule has 0 radical (unpaired) electrons. The van der Waals surface area contributed by atoms with Crippen LogP contribution in [-0.4, -0.2) is 43.6 Å². The van der Waals surface area contributed by atoms with Gasteiger partial charge >= 0.3 is 0 Å². The lowest BCUT2D eigenvalue weighted by atomic mass is 9.94. The summed E-state index contributed by atoms with van der Waals surface area (Å²) in [4.78, 5) is 23.0. The number of nitrogens with zero attached hydrogens (tertiary/aromatic N) is 4. The molecule has 0 bridgehead atoms. The highest BCUT2D eigenvalue weighted by atomic mass is 16.2. The van der Waals surface area contributed by atoms with E-state index >= 15 is 0 Å². The van der Waals surface area contributed by atoms with Crippen molar-refractivity contribution in [3.8, 4) is 0 Å². The third kappa shape index (κ3) is 3.23. The number of nitrogens with one attached hydrogen (secondary N) is 1. The number of carbonyl (C=O) groups is 1. The molecule has 3 heterocycles. The monoisotopic (exact) mass is 351 g/mol. The first-order chi connectivity index (χ1) is 12.6. The molecule has 6 heteroatoms. The predicted molar refractivity (Wildman–Crippen MR) is 101 cm³/mol. The first-order valence-corrected chi connectivity index (χ1v) is 9.40. The highest BCUT2D eigenvalue weighted by molar-refractivity contribution is 5.92. The maximum absolute atomic E-state index is 12.9. The van der Waals surface area contributed by atoms with Crippen molar-refractivity contribution in [2.24, 2.45) is 13.0 Å². The first kappa shape index (κ1) is 16.8. The van der Waals surface area contributed by atoms with Crippen LogP contribution >= 0.6 is 0 Å². The summed E-state index contributed by atoms with van der Waals surface area (Å²) in [6.07, 6.45) is 3.89. The van der Waals surface area contributed by atoms with Gasteiger partial charge in [0.2, 0.25) is 0 Å². The van der Waals surface area contributed by atoms with E-state index in [0.717, 1.165) is 61.3 Å². The number of hydrogen-bond acceptors (Lipinski definition) is 3. The van der Waals surface area contributed by atoms with E-state index in [1.54, 1.807) is 4.68 Å². The molecular weight excluding hydrogens is 326 g/mol. The molecule has 136 valence electrons. The molecule has 2 aromatic heterocycles. The molecule has 6 nitrogen and oxygen atoms in total. The Hall–Kier alpha value is -2.63. The third-order valence-corrected chi connectivity index (χ3v) is 5.24. The number of para-hydroxylation sites is 2. The standard InChI is InChI=1S/C20H25N5O/c1-3-15-12-18(24(2)23-15)20(26)25-10-6-7-14(13-25)11-19-21-16-8-4-5-9-17(16)22-19/h4-5,8-9,12,14H,3,6-7,10-11,13H2,1-2H3,(H,21,22). The normalized spacial score (nSPS) is 17.8. The predicted octanol–water partition coefficient (Wildman–Crippen LogP) is 2.95. The molecule has 1 amide bonds. The van der Waals surface area contributed by atoms with Gasteiger partial charge in [0, 0.05) is 26.6 Å². The van der Waals surface area contributed by atoms with E-state index in [9.17, 15) is 4.79 Å². The Balaban J connectivity index is 1.46. The molecule has 1 aliphatic heterocycles. The molecule has 1 fully saturated rings. The highest BCUT2D eigenvalue weighted by Gasteiger charge is 2.27. The molecule has 0 saturated carbocycles. The molecule has 4 rings (SSSR count). The fraction of sp³-hybridized carbons (Fsp3) is 0.450. The maximum Gasteiger partial charge on any atom is 0.272 e. The SMILES string of the molecule is CCc1cc(C(=O)N2CCCC(Cc3nc4ccccc4[nH]3)C2)n(C)n1. The lowest BCUT2D eigenvalue weighted by molar-refractivity contribution is 0.0661. The summed E-state index contributed by atoms with van der Waals surface area (Å²) in [7, 11) is 1.85. The Labute approximate surface area is 153 Å².